The molecule has 1 atom stereocenters. The van der Waals surface area contributed by atoms with Crippen molar-refractivity contribution in [3.05, 3.63) is 41.5 Å². The zero-order valence-electron chi connectivity index (χ0n) is 10.6. The molecule has 96 valence electrons. The van der Waals surface area contributed by atoms with E-state index in [9.17, 15) is 0 Å². The van der Waals surface area contributed by atoms with E-state index < -0.39 is 0 Å². The molecular weight excluding hydrogens is 230 g/mol. The van der Waals surface area contributed by atoms with Gasteiger partial charge in [0.15, 0.2) is 6.61 Å². The SMILES string of the molecule is Cc1nc(COc2cccc(CC(C)N)c2)no1. The Kier molecular flexibility index (Phi) is 3.94. The maximum atomic E-state index is 5.77. The molecular formula is C13H17N3O2. The zero-order chi connectivity index (χ0) is 13.0. The van der Waals surface area contributed by atoms with Gasteiger partial charge in [0.05, 0.1) is 0 Å². The fourth-order valence-electron chi connectivity index (χ4n) is 1.68. The van der Waals surface area contributed by atoms with Gasteiger partial charge in [0.25, 0.3) is 0 Å². The summed E-state index contributed by atoms with van der Waals surface area (Å²) in [6, 6.07) is 8.01. The molecule has 0 bridgehead atoms. The quantitative estimate of drug-likeness (QED) is 0.872. The maximum absolute atomic E-state index is 5.77. The van der Waals surface area contributed by atoms with Crippen molar-refractivity contribution < 1.29 is 9.26 Å². The van der Waals surface area contributed by atoms with Gasteiger partial charge >= 0.3 is 0 Å². The van der Waals surface area contributed by atoms with E-state index in [1.165, 1.54) is 0 Å². The minimum atomic E-state index is 0.139. The van der Waals surface area contributed by atoms with Gasteiger partial charge in [-0.25, -0.2) is 0 Å². The Morgan fingerprint density at radius 3 is 2.94 bits per heavy atom. The number of aryl methyl sites for hydroxylation is 1. The van der Waals surface area contributed by atoms with E-state index in [0.717, 1.165) is 17.7 Å². The Bertz CT molecular complexity index is 508. The van der Waals surface area contributed by atoms with E-state index in [1.807, 2.05) is 31.2 Å². The van der Waals surface area contributed by atoms with E-state index in [-0.39, 0.29) is 6.04 Å². The molecule has 0 spiro atoms. The summed E-state index contributed by atoms with van der Waals surface area (Å²) in [5.41, 5.74) is 6.93. The summed E-state index contributed by atoms with van der Waals surface area (Å²) in [5, 5.41) is 3.77. The molecule has 0 amide bonds. The van der Waals surface area contributed by atoms with Crippen LogP contribution in [0.2, 0.25) is 0 Å². The molecule has 1 heterocycles. The van der Waals surface area contributed by atoms with Crippen LogP contribution in [-0.4, -0.2) is 16.2 Å². The molecule has 0 saturated heterocycles. The van der Waals surface area contributed by atoms with Crippen LogP contribution in [-0.2, 0) is 13.0 Å². The lowest BCUT2D eigenvalue weighted by molar-refractivity contribution is 0.285. The van der Waals surface area contributed by atoms with Crippen LogP contribution in [0.25, 0.3) is 0 Å². The van der Waals surface area contributed by atoms with Gasteiger partial charge in [0.1, 0.15) is 5.75 Å². The van der Waals surface area contributed by atoms with Crippen molar-refractivity contribution in [3.8, 4) is 5.75 Å². The molecule has 0 aliphatic heterocycles. The largest absolute Gasteiger partial charge is 0.485 e. The lowest BCUT2D eigenvalue weighted by atomic mass is 10.1. The predicted molar refractivity (Wildman–Crippen MR) is 67.2 cm³/mol. The standard InChI is InChI=1S/C13H17N3O2/c1-9(14)6-11-4-3-5-12(7-11)17-8-13-15-10(2)18-16-13/h3-5,7,9H,6,8,14H2,1-2H3. The maximum Gasteiger partial charge on any atom is 0.223 e. The van der Waals surface area contributed by atoms with E-state index in [2.05, 4.69) is 10.1 Å². The Balaban J connectivity index is 1.96. The van der Waals surface area contributed by atoms with Crippen molar-refractivity contribution in [3.63, 3.8) is 0 Å². The predicted octanol–water partition coefficient (Wildman–Crippen LogP) is 1.85. The fourth-order valence-corrected chi connectivity index (χ4v) is 1.68. The highest BCUT2D eigenvalue weighted by atomic mass is 16.5. The number of hydrogen-bond donors (Lipinski definition) is 1. The molecule has 5 heteroatoms. The highest BCUT2D eigenvalue weighted by molar-refractivity contribution is 5.29. The third kappa shape index (κ3) is 3.56. The minimum absolute atomic E-state index is 0.139. The van der Waals surface area contributed by atoms with E-state index in [1.54, 1.807) is 6.92 Å². The summed E-state index contributed by atoms with van der Waals surface area (Å²) < 4.78 is 10.5. The first kappa shape index (κ1) is 12.6. The lowest BCUT2D eigenvalue weighted by Gasteiger charge is -2.08. The highest BCUT2D eigenvalue weighted by Gasteiger charge is 2.04. The molecule has 0 radical (unpaired) electrons. The van der Waals surface area contributed by atoms with Gasteiger partial charge in [-0.1, -0.05) is 17.3 Å². The number of nitrogens with zero attached hydrogens (tertiary/aromatic N) is 2. The summed E-state index contributed by atoms with van der Waals surface area (Å²) in [6.07, 6.45) is 0.832. The van der Waals surface area contributed by atoms with E-state index in [0.29, 0.717) is 18.3 Å². The molecule has 0 aliphatic carbocycles. The summed E-state index contributed by atoms with van der Waals surface area (Å²) in [6.45, 7) is 4.04. The first-order valence-corrected chi connectivity index (χ1v) is 5.90. The van der Waals surface area contributed by atoms with Crippen LogP contribution < -0.4 is 10.5 Å². The van der Waals surface area contributed by atoms with Crippen molar-refractivity contribution in [2.75, 3.05) is 0 Å². The van der Waals surface area contributed by atoms with Crippen LogP contribution >= 0.6 is 0 Å². The number of ether oxygens (including phenoxy) is 1. The van der Waals surface area contributed by atoms with Gasteiger partial charge in [-0.05, 0) is 31.0 Å². The monoisotopic (exact) mass is 247 g/mol. The van der Waals surface area contributed by atoms with Gasteiger partial charge in [0.2, 0.25) is 11.7 Å². The lowest BCUT2D eigenvalue weighted by Crippen LogP contribution is -2.17. The van der Waals surface area contributed by atoms with E-state index in [4.69, 9.17) is 15.0 Å². The van der Waals surface area contributed by atoms with Crippen molar-refractivity contribution in [2.45, 2.75) is 32.9 Å². The third-order valence-electron chi connectivity index (χ3n) is 2.39. The molecule has 2 rings (SSSR count). The number of rotatable bonds is 5. The average Bonchev–Trinajstić information content (AvgIpc) is 2.72. The number of aromatic nitrogens is 2. The summed E-state index contributed by atoms with van der Waals surface area (Å²) >= 11 is 0. The third-order valence-corrected chi connectivity index (χ3v) is 2.39. The number of benzene rings is 1. The van der Waals surface area contributed by atoms with Crippen molar-refractivity contribution in [1.82, 2.24) is 10.1 Å². The van der Waals surface area contributed by atoms with Crippen LogP contribution in [0.1, 0.15) is 24.2 Å². The van der Waals surface area contributed by atoms with Crippen molar-refractivity contribution in [1.29, 1.82) is 0 Å². The molecule has 0 aliphatic rings. The second-order valence-electron chi connectivity index (χ2n) is 4.35. The van der Waals surface area contributed by atoms with Crippen molar-refractivity contribution in [2.24, 2.45) is 5.73 Å². The Morgan fingerprint density at radius 2 is 2.28 bits per heavy atom. The molecule has 0 saturated carbocycles. The second-order valence-corrected chi connectivity index (χ2v) is 4.35. The van der Waals surface area contributed by atoms with Crippen LogP contribution in [0.4, 0.5) is 0 Å². The normalized spacial score (nSPS) is 12.4. The van der Waals surface area contributed by atoms with Crippen LogP contribution in [0.5, 0.6) is 5.75 Å². The summed E-state index contributed by atoms with van der Waals surface area (Å²) in [4.78, 5) is 4.07. The minimum Gasteiger partial charge on any atom is -0.485 e. The molecule has 5 nitrogen and oxygen atoms in total. The smallest absolute Gasteiger partial charge is 0.223 e. The topological polar surface area (TPSA) is 74.2 Å². The Labute approximate surface area is 106 Å². The average molecular weight is 247 g/mol. The van der Waals surface area contributed by atoms with Gasteiger partial charge in [0, 0.05) is 13.0 Å². The highest BCUT2D eigenvalue weighted by Crippen LogP contribution is 2.15. The molecule has 2 aromatic rings. The summed E-state index contributed by atoms with van der Waals surface area (Å²) in [5.74, 6) is 1.88. The molecule has 18 heavy (non-hydrogen) atoms. The first-order valence-electron chi connectivity index (χ1n) is 5.90. The molecule has 0 fully saturated rings. The fraction of sp³-hybridized carbons (Fsp3) is 0.385. The van der Waals surface area contributed by atoms with Crippen LogP contribution in [0.15, 0.2) is 28.8 Å². The van der Waals surface area contributed by atoms with Crippen LogP contribution in [0, 0.1) is 6.92 Å². The number of hydrogen-bond acceptors (Lipinski definition) is 5. The molecule has 2 N–H and O–H groups in total. The molecule has 1 unspecified atom stereocenters. The van der Waals surface area contributed by atoms with Gasteiger partial charge in [-0.15, -0.1) is 0 Å². The first-order chi connectivity index (χ1) is 8.63. The number of nitrogens with two attached hydrogens (primary N) is 1. The zero-order valence-corrected chi connectivity index (χ0v) is 10.6. The molecule has 1 aromatic carbocycles. The Morgan fingerprint density at radius 1 is 1.44 bits per heavy atom. The van der Waals surface area contributed by atoms with Gasteiger partial charge < -0.3 is 15.0 Å². The van der Waals surface area contributed by atoms with E-state index >= 15 is 0 Å². The second kappa shape index (κ2) is 5.64. The Hall–Kier alpha value is -1.88. The summed E-state index contributed by atoms with van der Waals surface area (Å²) in [7, 11) is 0. The molecule has 1 aromatic heterocycles. The van der Waals surface area contributed by atoms with Gasteiger partial charge in [-0.2, -0.15) is 4.98 Å². The van der Waals surface area contributed by atoms with Crippen LogP contribution in [0.3, 0.4) is 0 Å². The van der Waals surface area contributed by atoms with Gasteiger partial charge in [-0.3, -0.25) is 0 Å². The van der Waals surface area contributed by atoms with Crippen molar-refractivity contribution >= 4 is 0 Å².